The Bertz CT molecular complexity index is 694. The smallest absolute Gasteiger partial charge is 0.238 e. The summed E-state index contributed by atoms with van der Waals surface area (Å²) in [6.45, 7) is 2.24. The molecule has 124 valence electrons. The van der Waals surface area contributed by atoms with Gasteiger partial charge in [-0.25, -0.2) is 13.6 Å². The molecule has 1 amide bonds. The van der Waals surface area contributed by atoms with Crippen LogP contribution in [0.5, 0.6) is 0 Å². The summed E-state index contributed by atoms with van der Waals surface area (Å²) >= 11 is 0. The molecule has 1 aliphatic rings. The van der Waals surface area contributed by atoms with Crippen LogP contribution < -0.4 is 10.5 Å². The number of piperidine rings is 1. The van der Waals surface area contributed by atoms with Crippen molar-refractivity contribution in [1.29, 1.82) is 5.26 Å². The van der Waals surface area contributed by atoms with Crippen LogP contribution in [0.1, 0.15) is 19.3 Å². The first-order valence-corrected chi connectivity index (χ1v) is 8.98. The first kappa shape index (κ1) is 17.4. The highest BCUT2D eigenvalue weighted by molar-refractivity contribution is 7.89. The Hall–Kier alpha value is -1.95. The van der Waals surface area contributed by atoms with E-state index in [4.69, 9.17) is 10.4 Å². The summed E-state index contributed by atoms with van der Waals surface area (Å²) in [4.78, 5) is 14.5. The van der Waals surface area contributed by atoms with Crippen molar-refractivity contribution in [3.8, 4) is 6.07 Å². The Morgan fingerprint density at radius 3 is 2.70 bits per heavy atom. The van der Waals surface area contributed by atoms with Crippen molar-refractivity contribution in [2.45, 2.75) is 24.2 Å². The number of amides is 1. The molecule has 1 aromatic rings. The van der Waals surface area contributed by atoms with Crippen LogP contribution in [0.15, 0.2) is 29.2 Å². The van der Waals surface area contributed by atoms with Crippen molar-refractivity contribution < 1.29 is 13.2 Å². The van der Waals surface area contributed by atoms with Gasteiger partial charge in [-0.3, -0.25) is 4.79 Å². The van der Waals surface area contributed by atoms with Crippen LogP contribution in [0.3, 0.4) is 0 Å². The highest BCUT2D eigenvalue weighted by atomic mass is 32.2. The van der Waals surface area contributed by atoms with E-state index in [-0.39, 0.29) is 16.7 Å². The van der Waals surface area contributed by atoms with Gasteiger partial charge in [0.15, 0.2) is 0 Å². The fourth-order valence-electron chi connectivity index (χ4n) is 2.65. The van der Waals surface area contributed by atoms with E-state index in [2.05, 4.69) is 16.3 Å². The molecule has 1 fully saturated rings. The van der Waals surface area contributed by atoms with E-state index in [0.717, 1.165) is 19.4 Å². The standard InChI is InChI=1S/C15H20N4O3S/c16-8-2-10-19-9-1-3-12(11-19)15(20)18-13-4-6-14(7-5-13)23(17,21)22/h4-7,12H,1-3,9-11H2,(H,18,20)(H2,17,21,22). The minimum absolute atomic E-state index is 0.0100. The highest BCUT2D eigenvalue weighted by Crippen LogP contribution is 2.19. The lowest BCUT2D eigenvalue weighted by Gasteiger charge is -2.31. The zero-order chi connectivity index (χ0) is 16.9. The maximum Gasteiger partial charge on any atom is 0.238 e. The Morgan fingerprint density at radius 1 is 1.39 bits per heavy atom. The van der Waals surface area contributed by atoms with Crippen molar-refractivity contribution in [1.82, 2.24) is 4.90 Å². The average Bonchev–Trinajstić information content (AvgIpc) is 2.53. The third-order valence-electron chi connectivity index (χ3n) is 3.87. The molecule has 0 aromatic heterocycles. The van der Waals surface area contributed by atoms with Crippen LogP contribution >= 0.6 is 0 Å². The van der Waals surface area contributed by atoms with Crippen LogP contribution in [-0.4, -0.2) is 38.9 Å². The normalized spacial score (nSPS) is 19.0. The molecule has 8 heteroatoms. The van der Waals surface area contributed by atoms with Gasteiger partial charge in [-0.15, -0.1) is 0 Å². The van der Waals surface area contributed by atoms with Gasteiger partial charge < -0.3 is 10.2 Å². The van der Waals surface area contributed by atoms with Crippen molar-refractivity contribution in [2.75, 3.05) is 25.0 Å². The molecule has 1 aliphatic heterocycles. The monoisotopic (exact) mass is 336 g/mol. The predicted octanol–water partition coefficient (Wildman–Crippen LogP) is 0.898. The van der Waals surface area contributed by atoms with Crippen LogP contribution in [-0.2, 0) is 14.8 Å². The number of rotatable bonds is 5. The molecular weight excluding hydrogens is 316 g/mol. The minimum atomic E-state index is -3.73. The van der Waals surface area contributed by atoms with Crippen molar-refractivity contribution in [3.63, 3.8) is 0 Å². The van der Waals surface area contributed by atoms with Gasteiger partial charge in [0.2, 0.25) is 15.9 Å². The van der Waals surface area contributed by atoms with Crippen LogP contribution in [0.25, 0.3) is 0 Å². The second-order valence-corrected chi connectivity index (χ2v) is 7.17. The summed E-state index contributed by atoms with van der Waals surface area (Å²) in [6, 6.07) is 7.89. The second-order valence-electron chi connectivity index (χ2n) is 5.61. The van der Waals surface area contributed by atoms with Crippen molar-refractivity contribution >= 4 is 21.6 Å². The van der Waals surface area contributed by atoms with Gasteiger partial charge in [-0.05, 0) is 43.7 Å². The van der Waals surface area contributed by atoms with E-state index >= 15 is 0 Å². The topological polar surface area (TPSA) is 116 Å². The molecule has 0 radical (unpaired) electrons. The summed E-state index contributed by atoms with van der Waals surface area (Å²) in [5.41, 5.74) is 0.538. The highest BCUT2D eigenvalue weighted by Gasteiger charge is 2.25. The average molecular weight is 336 g/mol. The number of anilines is 1. The largest absolute Gasteiger partial charge is 0.326 e. The number of benzene rings is 1. The number of nitrogens with zero attached hydrogens (tertiary/aromatic N) is 2. The lowest BCUT2D eigenvalue weighted by Crippen LogP contribution is -2.41. The summed E-state index contributed by atoms with van der Waals surface area (Å²) in [5.74, 6) is -0.213. The number of sulfonamides is 1. The number of hydrogen-bond donors (Lipinski definition) is 2. The van der Waals surface area contributed by atoms with Gasteiger partial charge in [-0.1, -0.05) is 0 Å². The summed E-state index contributed by atoms with van der Waals surface area (Å²) in [6.07, 6.45) is 2.20. The van der Waals surface area contributed by atoms with Crippen LogP contribution in [0, 0.1) is 17.2 Å². The Labute approximate surface area is 136 Å². The molecule has 0 saturated carbocycles. The maximum atomic E-state index is 12.3. The number of primary sulfonamides is 1. The molecular formula is C15H20N4O3S. The molecule has 1 saturated heterocycles. The molecule has 0 aliphatic carbocycles. The molecule has 1 aromatic carbocycles. The fraction of sp³-hybridized carbons (Fsp3) is 0.467. The van der Waals surface area contributed by atoms with Gasteiger partial charge in [0, 0.05) is 25.2 Å². The third-order valence-corrected chi connectivity index (χ3v) is 4.80. The fourth-order valence-corrected chi connectivity index (χ4v) is 3.17. The molecule has 3 N–H and O–H groups in total. The van der Waals surface area contributed by atoms with E-state index in [1.54, 1.807) is 0 Å². The van der Waals surface area contributed by atoms with E-state index in [1.165, 1.54) is 24.3 Å². The number of likely N-dealkylation sites (tertiary alicyclic amines) is 1. The van der Waals surface area contributed by atoms with E-state index in [0.29, 0.717) is 25.2 Å². The lowest BCUT2D eigenvalue weighted by molar-refractivity contribution is -0.121. The summed E-state index contributed by atoms with van der Waals surface area (Å²) in [7, 11) is -3.73. The number of nitriles is 1. The molecule has 7 nitrogen and oxygen atoms in total. The molecule has 2 rings (SSSR count). The predicted molar refractivity (Wildman–Crippen MR) is 85.8 cm³/mol. The van der Waals surface area contributed by atoms with Gasteiger partial charge >= 0.3 is 0 Å². The van der Waals surface area contributed by atoms with E-state index in [9.17, 15) is 13.2 Å². The Morgan fingerprint density at radius 2 is 2.09 bits per heavy atom. The minimum Gasteiger partial charge on any atom is -0.326 e. The second kappa shape index (κ2) is 7.55. The molecule has 1 unspecified atom stereocenters. The first-order valence-electron chi connectivity index (χ1n) is 7.43. The number of hydrogen-bond acceptors (Lipinski definition) is 5. The molecule has 0 bridgehead atoms. The maximum absolute atomic E-state index is 12.3. The molecule has 1 heterocycles. The van der Waals surface area contributed by atoms with E-state index in [1.807, 2.05) is 0 Å². The van der Waals surface area contributed by atoms with Crippen molar-refractivity contribution in [3.05, 3.63) is 24.3 Å². The third kappa shape index (κ3) is 5.03. The summed E-state index contributed by atoms with van der Waals surface area (Å²) < 4.78 is 22.4. The van der Waals surface area contributed by atoms with E-state index < -0.39 is 10.0 Å². The van der Waals surface area contributed by atoms with Gasteiger partial charge in [0.1, 0.15) is 0 Å². The number of carbonyl (C=O) groups is 1. The zero-order valence-corrected chi connectivity index (χ0v) is 13.6. The summed E-state index contributed by atoms with van der Waals surface area (Å²) in [5, 5.41) is 16.5. The molecule has 1 atom stereocenters. The Kier molecular flexibility index (Phi) is 5.71. The molecule has 23 heavy (non-hydrogen) atoms. The van der Waals surface area contributed by atoms with Gasteiger partial charge in [0.05, 0.1) is 16.9 Å². The van der Waals surface area contributed by atoms with Crippen molar-refractivity contribution in [2.24, 2.45) is 11.1 Å². The number of carbonyl (C=O) groups excluding carboxylic acids is 1. The van der Waals surface area contributed by atoms with Gasteiger partial charge in [0.25, 0.3) is 0 Å². The zero-order valence-electron chi connectivity index (χ0n) is 12.7. The lowest BCUT2D eigenvalue weighted by atomic mass is 9.97. The molecule has 0 spiro atoms. The van der Waals surface area contributed by atoms with Crippen LogP contribution in [0.2, 0.25) is 0 Å². The first-order chi connectivity index (χ1) is 10.9. The Balaban J connectivity index is 1.95. The number of nitrogens with two attached hydrogens (primary N) is 1. The van der Waals surface area contributed by atoms with Gasteiger partial charge in [-0.2, -0.15) is 5.26 Å². The quantitative estimate of drug-likeness (QED) is 0.828. The number of nitrogens with one attached hydrogen (secondary N) is 1. The SMILES string of the molecule is N#CCCN1CCCC(C(=O)Nc2ccc(S(N)(=O)=O)cc2)C1. The van der Waals surface area contributed by atoms with Crippen LogP contribution in [0.4, 0.5) is 5.69 Å².